The molecule has 0 fully saturated rings. The molecular formula is C9H14N6O. The second-order valence-corrected chi connectivity index (χ2v) is 3.69. The highest BCUT2D eigenvalue weighted by Gasteiger charge is 2.21. The van der Waals surface area contributed by atoms with Crippen LogP contribution in [0.15, 0.2) is 10.7 Å². The molecule has 0 bridgehead atoms. The first kappa shape index (κ1) is 10.7. The predicted octanol–water partition coefficient (Wildman–Crippen LogP) is 0.696. The second kappa shape index (κ2) is 4.40. The summed E-state index contributed by atoms with van der Waals surface area (Å²) in [6.07, 6.45) is 2.40. The SMILES string of the molecule is CCC(c1nc(-c2cn[nH]n2)no1)C(C)N. The van der Waals surface area contributed by atoms with Gasteiger partial charge in [-0.05, 0) is 13.3 Å². The lowest BCUT2D eigenvalue weighted by molar-refractivity contribution is 0.334. The van der Waals surface area contributed by atoms with Crippen molar-refractivity contribution in [1.82, 2.24) is 25.6 Å². The number of nitrogens with zero attached hydrogens (tertiary/aromatic N) is 4. The van der Waals surface area contributed by atoms with Gasteiger partial charge in [0.05, 0.1) is 12.1 Å². The molecule has 2 unspecified atom stereocenters. The van der Waals surface area contributed by atoms with Crippen molar-refractivity contribution in [3.8, 4) is 11.5 Å². The maximum atomic E-state index is 5.85. The number of hydrogen-bond donors (Lipinski definition) is 2. The van der Waals surface area contributed by atoms with Crippen molar-refractivity contribution in [2.75, 3.05) is 0 Å². The van der Waals surface area contributed by atoms with Crippen LogP contribution in [0.5, 0.6) is 0 Å². The Morgan fingerprint density at radius 2 is 2.38 bits per heavy atom. The molecule has 0 aliphatic rings. The summed E-state index contributed by atoms with van der Waals surface area (Å²) in [5, 5.41) is 13.9. The molecule has 0 aromatic carbocycles. The maximum Gasteiger partial charge on any atom is 0.231 e. The lowest BCUT2D eigenvalue weighted by Gasteiger charge is -2.13. The van der Waals surface area contributed by atoms with Crippen molar-refractivity contribution in [2.45, 2.75) is 32.2 Å². The number of rotatable bonds is 4. The van der Waals surface area contributed by atoms with E-state index >= 15 is 0 Å². The van der Waals surface area contributed by atoms with Gasteiger partial charge in [0.25, 0.3) is 0 Å². The Morgan fingerprint density at radius 1 is 1.56 bits per heavy atom. The average molecular weight is 222 g/mol. The van der Waals surface area contributed by atoms with Gasteiger partial charge in [0.2, 0.25) is 11.7 Å². The van der Waals surface area contributed by atoms with Crippen molar-refractivity contribution in [1.29, 1.82) is 0 Å². The van der Waals surface area contributed by atoms with E-state index in [-0.39, 0.29) is 12.0 Å². The Hall–Kier alpha value is -1.76. The van der Waals surface area contributed by atoms with Crippen molar-refractivity contribution in [3.63, 3.8) is 0 Å². The summed E-state index contributed by atoms with van der Waals surface area (Å²) in [7, 11) is 0. The van der Waals surface area contributed by atoms with E-state index < -0.39 is 0 Å². The summed E-state index contributed by atoms with van der Waals surface area (Å²) < 4.78 is 5.18. The van der Waals surface area contributed by atoms with Gasteiger partial charge in [-0.1, -0.05) is 12.1 Å². The number of nitrogens with two attached hydrogens (primary N) is 1. The fraction of sp³-hybridized carbons (Fsp3) is 0.556. The van der Waals surface area contributed by atoms with Crippen LogP contribution in [0, 0.1) is 0 Å². The Labute approximate surface area is 92.4 Å². The van der Waals surface area contributed by atoms with Crippen LogP contribution >= 0.6 is 0 Å². The first-order valence-corrected chi connectivity index (χ1v) is 5.17. The summed E-state index contributed by atoms with van der Waals surface area (Å²) in [5.74, 6) is 1.06. The van der Waals surface area contributed by atoms with Gasteiger partial charge in [0, 0.05) is 6.04 Å². The number of nitrogens with one attached hydrogen (secondary N) is 1. The van der Waals surface area contributed by atoms with Crippen molar-refractivity contribution < 1.29 is 4.52 Å². The summed E-state index contributed by atoms with van der Waals surface area (Å²) in [4.78, 5) is 4.26. The first-order chi connectivity index (χ1) is 7.72. The smallest absolute Gasteiger partial charge is 0.231 e. The standard InChI is InChI=1S/C9H14N6O/c1-3-6(5(2)10)9-12-8(14-16-9)7-4-11-15-13-7/h4-6H,3,10H2,1-2H3,(H,11,13,15). The third-order valence-corrected chi connectivity index (χ3v) is 2.48. The van der Waals surface area contributed by atoms with Gasteiger partial charge in [0.15, 0.2) is 5.69 Å². The largest absolute Gasteiger partial charge is 0.339 e. The highest BCUT2D eigenvalue weighted by Crippen LogP contribution is 2.22. The molecular weight excluding hydrogens is 208 g/mol. The number of aromatic nitrogens is 5. The Balaban J connectivity index is 2.25. The zero-order chi connectivity index (χ0) is 11.5. The van der Waals surface area contributed by atoms with E-state index in [1.165, 1.54) is 0 Å². The van der Waals surface area contributed by atoms with Gasteiger partial charge in [0.1, 0.15) is 0 Å². The van der Waals surface area contributed by atoms with Gasteiger partial charge in [-0.2, -0.15) is 20.4 Å². The van der Waals surface area contributed by atoms with Crippen molar-refractivity contribution in [3.05, 3.63) is 12.1 Å². The Morgan fingerprint density at radius 3 is 2.94 bits per heavy atom. The zero-order valence-corrected chi connectivity index (χ0v) is 9.21. The Bertz CT molecular complexity index is 435. The molecule has 2 rings (SSSR count). The second-order valence-electron chi connectivity index (χ2n) is 3.69. The van der Waals surface area contributed by atoms with E-state index in [1.54, 1.807) is 6.20 Å². The molecule has 0 saturated heterocycles. The minimum atomic E-state index is -0.0180. The van der Waals surface area contributed by atoms with E-state index in [0.29, 0.717) is 17.4 Å². The van der Waals surface area contributed by atoms with Crippen LogP contribution in [0.4, 0.5) is 0 Å². The normalized spacial score (nSPS) is 14.9. The number of aromatic amines is 1. The molecule has 2 aromatic rings. The minimum Gasteiger partial charge on any atom is -0.339 e. The molecule has 86 valence electrons. The van der Waals surface area contributed by atoms with E-state index in [9.17, 15) is 0 Å². The molecule has 2 aromatic heterocycles. The molecule has 0 radical (unpaired) electrons. The van der Waals surface area contributed by atoms with Crippen LogP contribution < -0.4 is 5.73 Å². The summed E-state index contributed by atoms with van der Waals surface area (Å²) in [6, 6.07) is -0.0180. The molecule has 2 heterocycles. The lowest BCUT2D eigenvalue weighted by atomic mass is 9.99. The van der Waals surface area contributed by atoms with Gasteiger partial charge >= 0.3 is 0 Å². The van der Waals surface area contributed by atoms with Crippen LogP contribution in [0.2, 0.25) is 0 Å². The molecule has 2 atom stereocenters. The topological polar surface area (TPSA) is 107 Å². The third-order valence-electron chi connectivity index (χ3n) is 2.48. The molecule has 0 aliphatic carbocycles. The minimum absolute atomic E-state index is 0.0180. The van der Waals surface area contributed by atoms with E-state index in [0.717, 1.165) is 6.42 Å². The van der Waals surface area contributed by atoms with E-state index in [2.05, 4.69) is 25.6 Å². The zero-order valence-electron chi connectivity index (χ0n) is 9.21. The third kappa shape index (κ3) is 1.94. The maximum absolute atomic E-state index is 5.85. The Kier molecular flexibility index (Phi) is 2.95. The molecule has 7 nitrogen and oxygen atoms in total. The first-order valence-electron chi connectivity index (χ1n) is 5.17. The van der Waals surface area contributed by atoms with Crippen LogP contribution in [0.1, 0.15) is 32.1 Å². The number of H-pyrrole nitrogens is 1. The van der Waals surface area contributed by atoms with Gasteiger partial charge in [-0.3, -0.25) is 0 Å². The van der Waals surface area contributed by atoms with Crippen LogP contribution in [0.25, 0.3) is 11.5 Å². The monoisotopic (exact) mass is 222 g/mol. The molecule has 7 heteroatoms. The predicted molar refractivity (Wildman–Crippen MR) is 56.4 cm³/mol. The molecule has 0 aliphatic heterocycles. The fourth-order valence-corrected chi connectivity index (χ4v) is 1.57. The molecule has 0 saturated carbocycles. The fourth-order valence-electron chi connectivity index (χ4n) is 1.57. The molecule has 16 heavy (non-hydrogen) atoms. The van der Waals surface area contributed by atoms with Gasteiger partial charge in [-0.25, -0.2) is 0 Å². The van der Waals surface area contributed by atoms with Crippen LogP contribution in [-0.2, 0) is 0 Å². The van der Waals surface area contributed by atoms with E-state index in [1.807, 2.05) is 13.8 Å². The van der Waals surface area contributed by atoms with E-state index in [4.69, 9.17) is 10.3 Å². The highest BCUT2D eigenvalue weighted by atomic mass is 16.5. The summed E-state index contributed by atoms with van der Waals surface area (Å²) >= 11 is 0. The van der Waals surface area contributed by atoms with Crippen LogP contribution in [-0.4, -0.2) is 31.6 Å². The van der Waals surface area contributed by atoms with Crippen molar-refractivity contribution in [2.24, 2.45) is 5.73 Å². The molecule has 3 N–H and O–H groups in total. The highest BCUT2D eigenvalue weighted by molar-refractivity contribution is 5.44. The van der Waals surface area contributed by atoms with Crippen LogP contribution in [0.3, 0.4) is 0 Å². The van der Waals surface area contributed by atoms with Crippen molar-refractivity contribution >= 4 is 0 Å². The summed E-state index contributed by atoms with van der Waals surface area (Å²) in [5.41, 5.74) is 6.41. The average Bonchev–Trinajstić information content (AvgIpc) is 2.86. The summed E-state index contributed by atoms with van der Waals surface area (Å²) in [6.45, 7) is 3.96. The quantitative estimate of drug-likeness (QED) is 0.788. The molecule has 0 amide bonds. The number of hydrogen-bond acceptors (Lipinski definition) is 6. The van der Waals surface area contributed by atoms with Gasteiger partial charge < -0.3 is 10.3 Å². The lowest BCUT2D eigenvalue weighted by Crippen LogP contribution is -2.24. The molecule has 0 spiro atoms. The van der Waals surface area contributed by atoms with Gasteiger partial charge in [-0.15, -0.1) is 0 Å².